The molecule has 0 unspecified atom stereocenters. The van der Waals surface area contributed by atoms with E-state index < -0.39 is 17.8 Å². The van der Waals surface area contributed by atoms with Crippen molar-refractivity contribution in [1.82, 2.24) is 29.9 Å². The summed E-state index contributed by atoms with van der Waals surface area (Å²) in [4.78, 5) is 9.08. The van der Waals surface area contributed by atoms with E-state index in [1.807, 2.05) is 51.4 Å². The summed E-state index contributed by atoms with van der Waals surface area (Å²) in [6.45, 7) is 11.8. The molecule has 0 aromatic carbocycles. The molecule has 0 spiro atoms. The van der Waals surface area contributed by atoms with Crippen LogP contribution in [0.4, 0.5) is 4.39 Å². The number of halogens is 1. The Hall–Kier alpha value is -3.59. The zero-order chi connectivity index (χ0) is 26.5. The van der Waals surface area contributed by atoms with Gasteiger partial charge in [0.2, 0.25) is 5.88 Å². The number of hydrogen-bond acceptors (Lipinski definition) is 7. The van der Waals surface area contributed by atoms with E-state index in [1.165, 1.54) is 0 Å². The minimum absolute atomic E-state index is 0.00824. The van der Waals surface area contributed by atoms with Crippen LogP contribution in [0.2, 0.25) is 0 Å². The van der Waals surface area contributed by atoms with Gasteiger partial charge in [-0.05, 0) is 64.8 Å². The first-order valence-corrected chi connectivity index (χ1v) is 12.6. The molecular weight excluding hydrogens is 471 g/mol. The van der Waals surface area contributed by atoms with Gasteiger partial charge in [0.1, 0.15) is 28.9 Å². The predicted octanol–water partition coefficient (Wildman–Crippen LogP) is 5.07. The van der Waals surface area contributed by atoms with Gasteiger partial charge in [-0.1, -0.05) is 6.92 Å². The molecule has 5 heterocycles. The normalized spacial score (nSPS) is 20.7. The highest BCUT2D eigenvalue weighted by Gasteiger charge is 2.47. The fourth-order valence-electron chi connectivity index (χ4n) is 5.35. The Kier molecular flexibility index (Phi) is 6.14. The lowest BCUT2D eigenvalue weighted by atomic mass is 9.79. The van der Waals surface area contributed by atoms with E-state index in [-0.39, 0.29) is 17.2 Å². The van der Waals surface area contributed by atoms with E-state index in [4.69, 9.17) is 4.74 Å². The summed E-state index contributed by atoms with van der Waals surface area (Å²) < 4.78 is 23.0. The van der Waals surface area contributed by atoms with Crippen molar-refractivity contribution in [2.24, 2.45) is 0 Å². The van der Waals surface area contributed by atoms with E-state index in [1.54, 1.807) is 24.4 Å². The summed E-state index contributed by atoms with van der Waals surface area (Å²) in [7, 11) is 0. The second-order valence-corrected chi connectivity index (χ2v) is 11.1. The lowest BCUT2D eigenvalue weighted by Gasteiger charge is -2.48. The minimum Gasteiger partial charge on any atom is -0.506 e. The number of hydrogen-bond donors (Lipinski definition) is 2. The lowest BCUT2D eigenvalue weighted by Crippen LogP contribution is -2.66. The molecule has 0 radical (unpaired) electrons. The maximum atomic E-state index is 15.1. The molecule has 2 atom stereocenters. The molecule has 1 saturated heterocycles. The molecule has 37 heavy (non-hydrogen) atoms. The number of alkyl halides is 1. The standard InChI is InChI=1S/C28H33FN6O2/c1-7-17-10-19(15-35-14-16(2)31-26(17)35)18-11-21(36)24(30-13-18)20-8-9-23(33-32-20)37-22-12-27(3,4)34-28(5,6)25(22)29/h8-11,13-15,22,25,34,36H,7,12H2,1-6H3/t22-,25-/m0/s1. The Morgan fingerprint density at radius 1 is 1.14 bits per heavy atom. The van der Waals surface area contributed by atoms with Crippen LogP contribution in [0.3, 0.4) is 0 Å². The van der Waals surface area contributed by atoms with Crippen molar-refractivity contribution in [2.75, 3.05) is 0 Å². The fourth-order valence-corrected chi connectivity index (χ4v) is 5.35. The first-order chi connectivity index (χ1) is 17.5. The molecule has 0 saturated carbocycles. The number of piperidine rings is 1. The average molecular weight is 505 g/mol. The fraction of sp³-hybridized carbons (Fsp3) is 0.429. The van der Waals surface area contributed by atoms with Crippen molar-refractivity contribution in [2.45, 2.75) is 77.7 Å². The summed E-state index contributed by atoms with van der Waals surface area (Å²) in [6.07, 6.45) is 5.15. The van der Waals surface area contributed by atoms with Gasteiger partial charge in [-0.15, -0.1) is 10.2 Å². The summed E-state index contributed by atoms with van der Waals surface area (Å²) in [5.74, 6) is 0.225. The number of fused-ring (bicyclic) bond motifs is 1. The summed E-state index contributed by atoms with van der Waals surface area (Å²) in [6, 6.07) is 7.05. The predicted molar refractivity (Wildman–Crippen MR) is 140 cm³/mol. The largest absolute Gasteiger partial charge is 0.506 e. The zero-order valence-corrected chi connectivity index (χ0v) is 22.1. The molecular formula is C28H33FN6O2. The van der Waals surface area contributed by atoms with Crippen molar-refractivity contribution < 1.29 is 14.2 Å². The maximum absolute atomic E-state index is 15.1. The van der Waals surface area contributed by atoms with Gasteiger partial charge in [0, 0.05) is 53.3 Å². The van der Waals surface area contributed by atoms with E-state index in [0.717, 1.165) is 34.5 Å². The average Bonchev–Trinajstić information content (AvgIpc) is 3.21. The number of rotatable bonds is 5. The highest BCUT2D eigenvalue weighted by molar-refractivity contribution is 5.72. The molecule has 194 valence electrons. The maximum Gasteiger partial charge on any atom is 0.233 e. The van der Waals surface area contributed by atoms with Crippen LogP contribution in [0.15, 0.2) is 42.9 Å². The van der Waals surface area contributed by atoms with Crippen LogP contribution in [-0.2, 0) is 6.42 Å². The molecule has 0 bridgehead atoms. The molecule has 5 rings (SSSR count). The molecule has 1 aliphatic rings. The van der Waals surface area contributed by atoms with Crippen LogP contribution in [0.5, 0.6) is 11.6 Å². The number of pyridine rings is 2. The monoisotopic (exact) mass is 504 g/mol. The van der Waals surface area contributed by atoms with Gasteiger partial charge in [0.15, 0.2) is 6.17 Å². The third-order valence-corrected chi connectivity index (χ3v) is 6.87. The summed E-state index contributed by atoms with van der Waals surface area (Å²) in [5.41, 5.74) is 4.42. The molecule has 2 N–H and O–H groups in total. The quantitative estimate of drug-likeness (QED) is 0.392. The van der Waals surface area contributed by atoms with Crippen molar-refractivity contribution in [3.05, 3.63) is 54.1 Å². The molecule has 4 aromatic rings. The van der Waals surface area contributed by atoms with E-state index in [2.05, 4.69) is 38.5 Å². The molecule has 1 aliphatic heterocycles. The highest BCUT2D eigenvalue weighted by atomic mass is 19.1. The third-order valence-electron chi connectivity index (χ3n) is 6.87. The molecule has 9 heteroatoms. The number of nitrogens with one attached hydrogen (secondary N) is 1. The van der Waals surface area contributed by atoms with Gasteiger partial charge in [-0.25, -0.2) is 14.4 Å². The summed E-state index contributed by atoms with van der Waals surface area (Å²) in [5, 5.41) is 22.5. The van der Waals surface area contributed by atoms with Crippen LogP contribution < -0.4 is 10.1 Å². The Balaban J connectivity index is 1.38. The van der Waals surface area contributed by atoms with Crippen LogP contribution in [0.1, 0.15) is 52.3 Å². The first kappa shape index (κ1) is 25.1. The molecule has 0 amide bonds. The van der Waals surface area contributed by atoms with Gasteiger partial charge < -0.3 is 19.6 Å². The Morgan fingerprint density at radius 2 is 1.92 bits per heavy atom. The zero-order valence-electron chi connectivity index (χ0n) is 22.1. The van der Waals surface area contributed by atoms with E-state index in [9.17, 15) is 5.11 Å². The van der Waals surface area contributed by atoms with Crippen LogP contribution in [-0.4, -0.2) is 53.0 Å². The van der Waals surface area contributed by atoms with Gasteiger partial charge in [-0.2, -0.15) is 0 Å². The topological polar surface area (TPSA) is 97.5 Å². The van der Waals surface area contributed by atoms with Crippen molar-refractivity contribution in [1.29, 1.82) is 0 Å². The summed E-state index contributed by atoms with van der Waals surface area (Å²) >= 11 is 0. The van der Waals surface area contributed by atoms with Crippen LogP contribution >= 0.6 is 0 Å². The Morgan fingerprint density at radius 3 is 2.59 bits per heavy atom. The number of ether oxygens (including phenoxy) is 1. The number of aromatic nitrogens is 5. The molecule has 1 fully saturated rings. The van der Waals surface area contributed by atoms with Crippen molar-refractivity contribution >= 4 is 5.65 Å². The van der Waals surface area contributed by atoms with Gasteiger partial charge in [0.25, 0.3) is 0 Å². The highest BCUT2D eigenvalue weighted by Crippen LogP contribution is 2.34. The lowest BCUT2D eigenvalue weighted by molar-refractivity contribution is -0.0281. The third kappa shape index (κ3) is 4.87. The number of imidazole rings is 1. The van der Waals surface area contributed by atoms with Gasteiger partial charge in [-0.3, -0.25) is 0 Å². The van der Waals surface area contributed by atoms with Crippen LogP contribution in [0.25, 0.3) is 28.2 Å². The van der Waals surface area contributed by atoms with Gasteiger partial charge >= 0.3 is 0 Å². The minimum atomic E-state index is -1.21. The SMILES string of the molecule is CCc1cc(-c2cnc(-c3ccc(O[C@H]4CC(C)(C)NC(C)(C)[C@H]4F)nn3)c(O)c2)cn2cc(C)nc12. The van der Waals surface area contributed by atoms with E-state index >= 15 is 4.39 Å². The van der Waals surface area contributed by atoms with Gasteiger partial charge in [0.05, 0.1) is 5.69 Å². The second-order valence-electron chi connectivity index (χ2n) is 11.1. The smallest absolute Gasteiger partial charge is 0.233 e. The second kappa shape index (κ2) is 9.06. The number of aromatic hydroxyl groups is 1. The van der Waals surface area contributed by atoms with Crippen molar-refractivity contribution in [3.63, 3.8) is 0 Å². The number of nitrogens with zero attached hydrogens (tertiary/aromatic N) is 5. The number of aryl methyl sites for hydroxylation is 2. The molecule has 0 aliphatic carbocycles. The first-order valence-electron chi connectivity index (χ1n) is 12.6. The Bertz CT molecular complexity index is 1450. The van der Waals surface area contributed by atoms with Crippen molar-refractivity contribution in [3.8, 4) is 34.1 Å². The molecule has 8 nitrogen and oxygen atoms in total. The van der Waals surface area contributed by atoms with E-state index in [0.29, 0.717) is 17.8 Å². The Labute approximate surface area is 216 Å². The van der Waals surface area contributed by atoms with Crippen LogP contribution in [0, 0.1) is 6.92 Å². The molecule has 4 aromatic heterocycles.